The van der Waals surface area contributed by atoms with Crippen molar-refractivity contribution in [2.45, 2.75) is 83.0 Å². The van der Waals surface area contributed by atoms with Gasteiger partial charge in [-0.25, -0.2) is 4.79 Å². The number of hydrogen-bond acceptors (Lipinski definition) is 12. The average Bonchev–Trinajstić information content (AvgIpc) is 3.33. The zero-order chi connectivity index (χ0) is 35.9. The molecule has 0 aliphatic heterocycles. The minimum Gasteiger partial charge on any atom is -0.502 e. The Morgan fingerprint density at radius 3 is 2.59 bits per heavy atom. The summed E-state index contributed by atoms with van der Waals surface area (Å²) in [7, 11) is 1.10. The zero-order valence-electron chi connectivity index (χ0n) is 27.7. The predicted octanol–water partition coefficient (Wildman–Crippen LogP) is 2.40. The topological polar surface area (TPSA) is 220 Å². The lowest BCUT2D eigenvalue weighted by Gasteiger charge is -2.59. The molecule has 1 amide bonds. The number of carbonyl (C=O) groups excluding carboxylic acids is 5. The van der Waals surface area contributed by atoms with Gasteiger partial charge in [0.1, 0.15) is 11.6 Å². The van der Waals surface area contributed by atoms with Gasteiger partial charge in [-0.2, -0.15) is 0 Å². The largest absolute Gasteiger partial charge is 0.502 e. The lowest BCUT2D eigenvalue weighted by atomic mass is 9.46. The Morgan fingerprint density at radius 1 is 1.16 bits per heavy atom. The number of aliphatic hydroxyl groups is 2. The number of allylic oxidation sites excluding steroid dienone is 4. The average molecular weight is 683 g/mol. The number of aliphatic hydroxyl groups excluding tert-OH is 1. The molecule has 0 bridgehead atoms. The fraction of sp³-hybridized carbons (Fsp3) is 0.571. The van der Waals surface area contributed by atoms with Crippen LogP contribution in [0.4, 0.5) is 5.69 Å². The summed E-state index contributed by atoms with van der Waals surface area (Å²) in [5, 5.41) is 46.6. The van der Waals surface area contributed by atoms with Crippen molar-refractivity contribution >= 4 is 35.1 Å². The molecule has 0 spiro atoms. The van der Waals surface area contributed by atoms with E-state index in [4.69, 9.17) is 9.47 Å². The summed E-state index contributed by atoms with van der Waals surface area (Å²) < 4.78 is 9.91. The summed E-state index contributed by atoms with van der Waals surface area (Å²) >= 11 is 0. The van der Waals surface area contributed by atoms with Crippen molar-refractivity contribution in [3.63, 3.8) is 0 Å². The van der Waals surface area contributed by atoms with Gasteiger partial charge in [0.05, 0.1) is 24.6 Å². The molecule has 0 heterocycles. The van der Waals surface area contributed by atoms with Gasteiger partial charge in [-0.05, 0) is 67.7 Å². The van der Waals surface area contributed by atoms with Crippen molar-refractivity contribution in [3.8, 4) is 5.75 Å². The zero-order valence-corrected chi connectivity index (χ0v) is 27.7. The molecule has 3 saturated carbocycles. The monoisotopic (exact) mass is 682 g/mol. The standard InChI is InChI=1S/C35H42N2O12/c1-33-12-10-21(38)16-20(33)5-6-22-23-11-13-35(45,34(23,2)17-27(40)31(22)33)28(41)18-49-30(43)9-8-29(42)36-24(32(44)48-3)14-19-4-7-26(39)25(15-19)37(46)47/h4,7,10,12,15-16,22-24,27,31,39-40,45H,5-6,8-9,11,13-14,17-18H2,1-3H3,(H,36,42)/t22-,23+,24-,27-,31+,33-,34-,35+/m0/s1. The minimum atomic E-state index is -1.84. The Bertz CT molecular complexity index is 1640. The van der Waals surface area contributed by atoms with Crippen LogP contribution < -0.4 is 5.32 Å². The molecule has 0 saturated heterocycles. The highest BCUT2D eigenvalue weighted by Gasteiger charge is 2.68. The van der Waals surface area contributed by atoms with Gasteiger partial charge in [-0.15, -0.1) is 0 Å². The Balaban J connectivity index is 1.16. The Kier molecular flexibility index (Phi) is 9.86. The third-order valence-electron chi connectivity index (χ3n) is 11.5. The van der Waals surface area contributed by atoms with E-state index in [0.717, 1.165) is 31.2 Å². The molecule has 14 nitrogen and oxygen atoms in total. The minimum absolute atomic E-state index is 0.00890. The van der Waals surface area contributed by atoms with Gasteiger partial charge < -0.3 is 30.1 Å². The Labute approximate surface area is 282 Å². The molecular formula is C35H42N2O12. The van der Waals surface area contributed by atoms with Crippen molar-refractivity contribution in [3.05, 3.63) is 57.7 Å². The first-order valence-electron chi connectivity index (χ1n) is 16.4. The number of carbonyl (C=O) groups is 5. The van der Waals surface area contributed by atoms with Gasteiger partial charge in [0, 0.05) is 35.7 Å². The number of nitrogens with zero attached hydrogens (tertiary/aromatic N) is 1. The van der Waals surface area contributed by atoms with Crippen molar-refractivity contribution in [1.29, 1.82) is 0 Å². The van der Waals surface area contributed by atoms with Crippen LogP contribution in [0.5, 0.6) is 5.75 Å². The molecule has 0 unspecified atom stereocenters. The number of phenols is 1. The summed E-state index contributed by atoms with van der Waals surface area (Å²) in [6.45, 7) is 3.13. The number of amides is 1. The van der Waals surface area contributed by atoms with Crippen LogP contribution >= 0.6 is 0 Å². The number of fused-ring (bicyclic) bond motifs is 5. The summed E-state index contributed by atoms with van der Waals surface area (Å²) in [6, 6.07) is 2.27. The van der Waals surface area contributed by atoms with E-state index < -0.39 is 88.0 Å². The number of ether oxygens (including phenoxy) is 2. The van der Waals surface area contributed by atoms with E-state index in [1.54, 1.807) is 12.2 Å². The number of nitro benzene ring substituents is 1. The summed E-state index contributed by atoms with van der Waals surface area (Å²) in [5.41, 5.74) is -2.61. The van der Waals surface area contributed by atoms with E-state index >= 15 is 0 Å². The van der Waals surface area contributed by atoms with E-state index in [0.29, 0.717) is 12.8 Å². The number of phenolic OH excluding ortho intramolecular Hbond substituents is 1. The number of nitrogens with one attached hydrogen (secondary N) is 1. The van der Waals surface area contributed by atoms with Crippen molar-refractivity contribution in [2.75, 3.05) is 13.7 Å². The molecular weight excluding hydrogens is 640 g/mol. The fourth-order valence-electron chi connectivity index (χ4n) is 9.02. The third kappa shape index (κ3) is 6.51. The SMILES string of the molecule is COC(=O)[C@H](Cc1ccc(O)c([N+](=O)[O-])c1)NC(=O)CCC(=O)OCC(=O)[C@]1(O)CC[C@@H]2[C@@H]3CCC4=CC(=O)C=C[C@]4(C)[C@H]3[C@@H](O)C[C@@]21C. The number of hydrogen-bond donors (Lipinski definition) is 4. The van der Waals surface area contributed by atoms with Crippen LogP contribution in [-0.2, 0) is 39.9 Å². The fourth-order valence-corrected chi connectivity index (χ4v) is 9.02. The number of ketones is 2. The van der Waals surface area contributed by atoms with Crippen LogP contribution in [0.2, 0.25) is 0 Å². The van der Waals surface area contributed by atoms with Crippen LogP contribution in [0.1, 0.15) is 64.4 Å². The molecule has 0 aromatic heterocycles. The molecule has 14 heteroatoms. The highest BCUT2D eigenvalue weighted by Crippen LogP contribution is 2.67. The number of nitro groups is 1. The van der Waals surface area contributed by atoms with E-state index in [1.807, 2.05) is 19.9 Å². The number of aromatic hydroxyl groups is 1. The van der Waals surface area contributed by atoms with Crippen LogP contribution in [0.3, 0.4) is 0 Å². The van der Waals surface area contributed by atoms with E-state index in [1.165, 1.54) is 6.07 Å². The Hall–Kier alpha value is -4.43. The molecule has 1 aromatic rings. The molecule has 264 valence electrons. The quantitative estimate of drug-likeness (QED) is 0.150. The molecule has 8 atom stereocenters. The van der Waals surface area contributed by atoms with Crippen LogP contribution in [-0.4, -0.2) is 81.1 Å². The van der Waals surface area contributed by atoms with E-state index in [2.05, 4.69) is 5.32 Å². The second-order valence-electron chi connectivity index (χ2n) is 14.1. The van der Waals surface area contributed by atoms with Crippen LogP contribution in [0.15, 0.2) is 42.0 Å². The van der Waals surface area contributed by atoms with Gasteiger partial charge in [-0.3, -0.25) is 29.3 Å². The molecule has 4 N–H and O–H groups in total. The van der Waals surface area contributed by atoms with Crippen LogP contribution in [0.25, 0.3) is 0 Å². The summed E-state index contributed by atoms with van der Waals surface area (Å²) in [4.78, 5) is 73.5. The summed E-state index contributed by atoms with van der Waals surface area (Å²) in [6.07, 6.45) is 5.48. The smallest absolute Gasteiger partial charge is 0.328 e. The lowest BCUT2D eigenvalue weighted by molar-refractivity contribution is -0.385. The molecule has 5 rings (SSSR count). The molecule has 4 aliphatic carbocycles. The number of Topliss-reactive ketones (excluding diaryl/α,β-unsaturated/α-hetero) is 1. The number of rotatable bonds is 11. The van der Waals surface area contributed by atoms with Crippen LogP contribution in [0, 0.1) is 38.7 Å². The van der Waals surface area contributed by atoms with E-state index in [9.17, 15) is 49.4 Å². The van der Waals surface area contributed by atoms with Gasteiger partial charge in [0.2, 0.25) is 11.7 Å². The Morgan fingerprint density at radius 2 is 1.90 bits per heavy atom. The van der Waals surface area contributed by atoms with Crippen molar-refractivity contribution < 1.29 is 53.7 Å². The van der Waals surface area contributed by atoms with E-state index in [-0.39, 0.29) is 48.4 Å². The second kappa shape index (κ2) is 13.5. The number of benzene rings is 1. The highest BCUT2D eigenvalue weighted by atomic mass is 16.6. The van der Waals surface area contributed by atoms with Crippen molar-refractivity contribution in [1.82, 2.24) is 5.32 Å². The predicted molar refractivity (Wildman–Crippen MR) is 171 cm³/mol. The highest BCUT2D eigenvalue weighted by molar-refractivity contribution is 6.01. The first-order chi connectivity index (χ1) is 23.0. The molecule has 49 heavy (non-hydrogen) atoms. The maximum atomic E-state index is 13.5. The first kappa shape index (κ1) is 35.9. The van der Waals surface area contributed by atoms with Gasteiger partial charge in [0.15, 0.2) is 18.1 Å². The molecule has 0 radical (unpaired) electrons. The normalized spacial score (nSPS) is 32.1. The third-order valence-corrected chi connectivity index (χ3v) is 11.5. The number of methoxy groups -OCH3 is 1. The van der Waals surface area contributed by atoms with Gasteiger partial charge >= 0.3 is 17.6 Å². The maximum Gasteiger partial charge on any atom is 0.328 e. The summed E-state index contributed by atoms with van der Waals surface area (Å²) in [5.74, 6) is -3.98. The number of esters is 2. The van der Waals surface area contributed by atoms with Gasteiger partial charge in [-0.1, -0.05) is 31.6 Å². The first-order valence-corrected chi connectivity index (χ1v) is 16.4. The lowest BCUT2D eigenvalue weighted by Crippen LogP contribution is -2.61. The molecule has 4 aliphatic rings. The van der Waals surface area contributed by atoms with Crippen molar-refractivity contribution in [2.24, 2.45) is 28.6 Å². The van der Waals surface area contributed by atoms with Gasteiger partial charge in [0.25, 0.3) is 0 Å². The second-order valence-corrected chi connectivity index (χ2v) is 14.1. The molecule has 1 aromatic carbocycles. The maximum absolute atomic E-state index is 13.5. The molecule has 3 fully saturated rings.